The zero-order chi connectivity index (χ0) is 14.2. The Kier molecular flexibility index (Phi) is 4.05. The highest BCUT2D eigenvalue weighted by molar-refractivity contribution is 5.00. The molecule has 3 aliphatic heterocycles. The summed E-state index contributed by atoms with van der Waals surface area (Å²) in [4.78, 5) is 2.67. The van der Waals surface area contributed by atoms with Crippen molar-refractivity contribution in [2.75, 3.05) is 39.4 Å². The van der Waals surface area contributed by atoms with Crippen molar-refractivity contribution in [2.24, 2.45) is 23.7 Å². The number of nitrogens with zero attached hydrogens (tertiary/aromatic N) is 1. The fourth-order valence-corrected chi connectivity index (χ4v) is 4.25. The van der Waals surface area contributed by atoms with Gasteiger partial charge in [-0.2, -0.15) is 0 Å². The molecule has 1 N–H and O–H groups in total. The first-order valence-electron chi connectivity index (χ1n) is 7.98. The predicted octanol–water partition coefficient (Wildman–Crippen LogP) is 1.91. The van der Waals surface area contributed by atoms with Crippen LogP contribution in [0.2, 0.25) is 0 Å². The van der Waals surface area contributed by atoms with Crippen molar-refractivity contribution in [1.29, 1.82) is 0 Å². The smallest absolute Gasteiger partial charge is 0.0510 e. The molecule has 0 spiro atoms. The molecule has 0 aromatic heterocycles. The Labute approximate surface area is 123 Å². The van der Waals surface area contributed by atoms with Crippen molar-refractivity contribution in [3.8, 4) is 0 Å². The zero-order valence-electron chi connectivity index (χ0n) is 12.9. The van der Waals surface area contributed by atoms with Crippen LogP contribution in [0.1, 0.15) is 20.3 Å². The number of likely N-dealkylation sites (tertiary alicyclic amines) is 1. The molecule has 3 heteroatoms. The van der Waals surface area contributed by atoms with Crippen molar-refractivity contribution in [3.63, 3.8) is 0 Å². The minimum Gasteiger partial charge on any atom is -0.381 e. The second-order valence-corrected chi connectivity index (χ2v) is 7.54. The highest BCUT2D eigenvalue weighted by atomic mass is 16.5. The highest BCUT2D eigenvalue weighted by Gasteiger charge is 2.40. The Morgan fingerprint density at radius 3 is 2.70 bits per heavy atom. The summed E-state index contributed by atoms with van der Waals surface area (Å²) < 4.78 is 5.58. The highest BCUT2D eigenvalue weighted by Crippen LogP contribution is 2.34. The van der Waals surface area contributed by atoms with Gasteiger partial charge in [-0.05, 0) is 32.3 Å². The van der Waals surface area contributed by atoms with E-state index in [1.807, 2.05) is 0 Å². The molecule has 0 bridgehead atoms. The standard InChI is InChI=1S/C17H28N2O/c1-4-5-13-7-18-17(2,3)6-14(13)8-19-9-15-11-20-12-16(15)10-19/h5,13-16,18H,1,6-12H2,2-3H3. The Hall–Kier alpha value is -0.600. The second kappa shape index (κ2) is 5.65. The van der Waals surface area contributed by atoms with Crippen LogP contribution in [0.25, 0.3) is 0 Å². The number of fused-ring (bicyclic) bond motifs is 1. The maximum absolute atomic E-state index is 5.58. The lowest BCUT2D eigenvalue weighted by molar-refractivity contribution is 0.119. The number of rotatable bonds is 3. The van der Waals surface area contributed by atoms with E-state index in [2.05, 4.69) is 42.5 Å². The van der Waals surface area contributed by atoms with Gasteiger partial charge in [0.15, 0.2) is 0 Å². The van der Waals surface area contributed by atoms with Gasteiger partial charge < -0.3 is 15.0 Å². The van der Waals surface area contributed by atoms with Gasteiger partial charge in [0.05, 0.1) is 13.2 Å². The first-order chi connectivity index (χ1) is 9.57. The maximum Gasteiger partial charge on any atom is 0.0510 e. The lowest BCUT2D eigenvalue weighted by Crippen LogP contribution is -2.52. The van der Waals surface area contributed by atoms with E-state index in [1.165, 1.54) is 26.1 Å². The van der Waals surface area contributed by atoms with Gasteiger partial charge in [0.1, 0.15) is 0 Å². The predicted molar refractivity (Wildman–Crippen MR) is 81.6 cm³/mol. The monoisotopic (exact) mass is 276 g/mol. The molecule has 4 atom stereocenters. The summed E-state index contributed by atoms with van der Waals surface area (Å²) >= 11 is 0. The third-order valence-corrected chi connectivity index (χ3v) is 5.33. The van der Waals surface area contributed by atoms with Gasteiger partial charge >= 0.3 is 0 Å². The minimum absolute atomic E-state index is 0.259. The summed E-state index contributed by atoms with van der Waals surface area (Å²) in [6.07, 6.45) is 3.41. The molecule has 0 amide bonds. The largest absolute Gasteiger partial charge is 0.381 e. The van der Waals surface area contributed by atoms with Crippen LogP contribution in [-0.4, -0.2) is 49.8 Å². The van der Waals surface area contributed by atoms with Crippen molar-refractivity contribution in [2.45, 2.75) is 25.8 Å². The molecule has 0 saturated carbocycles. The number of piperidine rings is 1. The first kappa shape index (κ1) is 14.3. The molecule has 112 valence electrons. The first-order valence-corrected chi connectivity index (χ1v) is 7.98. The van der Waals surface area contributed by atoms with E-state index in [0.29, 0.717) is 5.92 Å². The van der Waals surface area contributed by atoms with E-state index >= 15 is 0 Å². The molecule has 3 aliphatic rings. The van der Waals surface area contributed by atoms with Gasteiger partial charge in [0.25, 0.3) is 0 Å². The van der Waals surface area contributed by atoms with Crippen LogP contribution in [0.5, 0.6) is 0 Å². The lowest BCUT2D eigenvalue weighted by atomic mass is 9.77. The number of ether oxygens (including phenoxy) is 1. The minimum atomic E-state index is 0.259. The fraction of sp³-hybridized carbons (Fsp3) is 0.824. The van der Waals surface area contributed by atoms with E-state index in [4.69, 9.17) is 4.74 Å². The van der Waals surface area contributed by atoms with Gasteiger partial charge in [-0.15, -0.1) is 5.73 Å². The zero-order valence-corrected chi connectivity index (χ0v) is 12.9. The van der Waals surface area contributed by atoms with Gasteiger partial charge in [-0.1, -0.05) is 6.58 Å². The molecule has 0 aromatic rings. The van der Waals surface area contributed by atoms with Gasteiger partial charge in [0.2, 0.25) is 0 Å². The molecule has 20 heavy (non-hydrogen) atoms. The molecule has 3 nitrogen and oxygen atoms in total. The Morgan fingerprint density at radius 1 is 1.35 bits per heavy atom. The molecule has 0 aromatic carbocycles. The molecule has 4 unspecified atom stereocenters. The van der Waals surface area contributed by atoms with Crippen LogP contribution in [0.15, 0.2) is 18.4 Å². The van der Waals surface area contributed by atoms with Gasteiger partial charge in [-0.3, -0.25) is 0 Å². The van der Waals surface area contributed by atoms with Crippen LogP contribution >= 0.6 is 0 Å². The summed E-state index contributed by atoms with van der Waals surface area (Å²) in [5.74, 6) is 2.88. The van der Waals surface area contributed by atoms with E-state index in [1.54, 1.807) is 0 Å². The third kappa shape index (κ3) is 3.01. The van der Waals surface area contributed by atoms with Crippen LogP contribution in [0.4, 0.5) is 0 Å². The molecule has 0 aliphatic carbocycles. The van der Waals surface area contributed by atoms with Crippen LogP contribution in [0.3, 0.4) is 0 Å². The van der Waals surface area contributed by atoms with Crippen molar-refractivity contribution >= 4 is 0 Å². The molecule has 3 fully saturated rings. The molecular weight excluding hydrogens is 248 g/mol. The average Bonchev–Trinajstić information content (AvgIpc) is 2.93. The van der Waals surface area contributed by atoms with E-state index in [-0.39, 0.29) is 5.54 Å². The van der Waals surface area contributed by atoms with Crippen molar-refractivity contribution in [3.05, 3.63) is 18.4 Å². The molecule has 3 rings (SSSR count). The maximum atomic E-state index is 5.58. The van der Waals surface area contributed by atoms with E-state index in [9.17, 15) is 0 Å². The topological polar surface area (TPSA) is 24.5 Å². The molecule has 3 heterocycles. The summed E-state index contributed by atoms with van der Waals surface area (Å²) in [6.45, 7) is 15.1. The Bertz CT molecular complexity index is 388. The summed E-state index contributed by atoms with van der Waals surface area (Å²) in [5.41, 5.74) is 3.26. The third-order valence-electron chi connectivity index (χ3n) is 5.33. The van der Waals surface area contributed by atoms with Crippen LogP contribution in [-0.2, 0) is 4.74 Å². The summed E-state index contributed by atoms with van der Waals surface area (Å²) in [7, 11) is 0. The normalized spacial score (nSPS) is 40.3. The van der Waals surface area contributed by atoms with Crippen molar-refractivity contribution < 1.29 is 4.74 Å². The molecular formula is C17H28N2O. The molecule has 0 radical (unpaired) electrons. The number of nitrogens with one attached hydrogen (secondary N) is 1. The van der Waals surface area contributed by atoms with Crippen molar-refractivity contribution in [1.82, 2.24) is 10.2 Å². The van der Waals surface area contributed by atoms with Crippen LogP contribution in [0, 0.1) is 23.7 Å². The Balaban J connectivity index is 1.62. The summed E-state index contributed by atoms with van der Waals surface area (Å²) in [5, 5.41) is 3.65. The second-order valence-electron chi connectivity index (χ2n) is 7.54. The average molecular weight is 276 g/mol. The SMILES string of the molecule is C=C=CC1CNC(C)(C)CC1CN1CC2COCC2C1. The number of hydrogen-bond donors (Lipinski definition) is 1. The van der Waals surface area contributed by atoms with Gasteiger partial charge in [0, 0.05) is 49.5 Å². The fourth-order valence-electron chi connectivity index (χ4n) is 4.25. The van der Waals surface area contributed by atoms with Crippen LogP contribution < -0.4 is 5.32 Å². The van der Waals surface area contributed by atoms with E-state index in [0.717, 1.165) is 37.5 Å². The van der Waals surface area contributed by atoms with Gasteiger partial charge in [-0.25, -0.2) is 0 Å². The van der Waals surface area contributed by atoms with E-state index < -0.39 is 0 Å². The lowest BCUT2D eigenvalue weighted by Gasteiger charge is -2.42. The Morgan fingerprint density at radius 2 is 2.05 bits per heavy atom. The number of hydrogen-bond acceptors (Lipinski definition) is 3. The molecule has 3 saturated heterocycles. The quantitative estimate of drug-likeness (QED) is 0.797. The summed E-state index contributed by atoms with van der Waals surface area (Å²) in [6, 6.07) is 0.